The number of phenolic OH excluding ortho intramolecular Hbond substituents is 1. The van der Waals surface area contributed by atoms with Crippen LogP contribution in [-0.4, -0.2) is 73.6 Å². The third-order valence-corrected chi connectivity index (χ3v) is 6.97. The SMILES string of the molecule is CN(C)C1C(O)=C(C(N)=O)C(=O)C2(O)C(O)=C3C(=O)c4c(O)ccc(Cl)c4C(O)C3CC12. The number of phenols is 1. The summed E-state index contributed by atoms with van der Waals surface area (Å²) in [6.07, 6.45) is -1.70. The fourth-order valence-corrected chi connectivity index (χ4v) is 5.52. The van der Waals surface area contributed by atoms with E-state index in [1.807, 2.05) is 0 Å². The highest BCUT2D eigenvalue weighted by Crippen LogP contribution is 2.55. The lowest BCUT2D eigenvalue weighted by atomic mass is 9.58. The molecule has 0 aromatic heterocycles. The molecule has 1 aromatic carbocycles. The van der Waals surface area contributed by atoms with Crippen molar-refractivity contribution in [2.45, 2.75) is 24.2 Å². The van der Waals surface area contributed by atoms with Crippen molar-refractivity contribution in [2.75, 3.05) is 14.1 Å². The van der Waals surface area contributed by atoms with Gasteiger partial charge in [-0.3, -0.25) is 19.3 Å². The number of aliphatic hydroxyl groups is 4. The van der Waals surface area contributed by atoms with E-state index in [2.05, 4.69) is 0 Å². The molecule has 170 valence electrons. The van der Waals surface area contributed by atoms with Gasteiger partial charge in [-0.05, 0) is 32.6 Å². The smallest absolute Gasteiger partial charge is 0.255 e. The van der Waals surface area contributed by atoms with Gasteiger partial charge in [0, 0.05) is 28.0 Å². The molecule has 1 amide bonds. The van der Waals surface area contributed by atoms with E-state index in [0.29, 0.717) is 0 Å². The van der Waals surface area contributed by atoms with Gasteiger partial charge in [0.25, 0.3) is 5.91 Å². The molecular weight excluding hydrogens is 444 g/mol. The monoisotopic (exact) mass is 464 g/mol. The van der Waals surface area contributed by atoms with Crippen molar-refractivity contribution in [1.29, 1.82) is 0 Å². The van der Waals surface area contributed by atoms with Gasteiger partial charge in [0.2, 0.25) is 5.78 Å². The molecule has 7 N–H and O–H groups in total. The maximum absolute atomic E-state index is 13.3. The van der Waals surface area contributed by atoms with Crippen LogP contribution in [-0.2, 0) is 9.59 Å². The molecule has 3 aliphatic rings. The molecule has 0 saturated heterocycles. The minimum Gasteiger partial charge on any atom is -0.510 e. The van der Waals surface area contributed by atoms with Crippen molar-refractivity contribution < 1.29 is 39.9 Å². The number of nitrogens with two attached hydrogens (primary N) is 1. The number of rotatable bonds is 2. The molecule has 0 heterocycles. The number of nitrogens with zero attached hydrogens (tertiary/aromatic N) is 1. The molecule has 5 atom stereocenters. The van der Waals surface area contributed by atoms with Crippen LogP contribution in [0.5, 0.6) is 5.75 Å². The first kappa shape index (κ1) is 22.3. The molecule has 0 aliphatic heterocycles. The highest BCUT2D eigenvalue weighted by molar-refractivity contribution is 6.33. The third kappa shape index (κ3) is 2.61. The Kier molecular flexibility index (Phi) is 4.90. The summed E-state index contributed by atoms with van der Waals surface area (Å²) >= 11 is 6.17. The van der Waals surface area contributed by atoms with E-state index >= 15 is 0 Å². The summed E-state index contributed by atoms with van der Waals surface area (Å²) in [6.45, 7) is 0. The van der Waals surface area contributed by atoms with Gasteiger partial charge >= 0.3 is 0 Å². The van der Waals surface area contributed by atoms with E-state index in [4.69, 9.17) is 17.3 Å². The van der Waals surface area contributed by atoms with Crippen LogP contribution >= 0.6 is 11.6 Å². The number of halogens is 1. The summed E-state index contributed by atoms with van der Waals surface area (Å²) in [5.74, 6) is -8.18. The Labute approximate surface area is 186 Å². The number of aromatic hydroxyl groups is 1. The summed E-state index contributed by atoms with van der Waals surface area (Å²) in [5.41, 5.74) is 0.739. The second-order valence-corrected chi connectivity index (χ2v) is 8.88. The van der Waals surface area contributed by atoms with Gasteiger partial charge in [-0.2, -0.15) is 0 Å². The van der Waals surface area contributed by atoms with Crippen LogP contribution in [0.2, 0.25) is 5.02 Å². The number of amides is 1. The first-order valence-corrected chi connectivity index (χ1v) is 10.1. The van der Waals surface area contributed by atoms with Crippen molar-refractivity contribution in [1.82, 2.24) is 4.90 Å². The van der Waals surface area contributed by atoms with Gasteiger partial charge < -0.3 is 31.3 Å². The van der Waals surface area contributed by atoms with Crippen LogP contribution in [0.1, 0.15) is 28.4 Å². The normalized spacial score (nSPS) is 32.1. The Bertz CT molecular complexity index is 1160. The molecule has 0 radical (unpaired) electrons. The first-order valence-electron chi connectivity index (χ1n) is 9.69. The lowest BCUT2D eigenvalue weighted by Crippen LogP contribution is -2.64. The largest absolute Gasteiger partial charge is 0.510 e. The molecule has 0 spiro atoms. The highest BCUT2D eigenvalue weighted by Gasteiger charge is 2.64. The Morgan fingerprint density at radius 3 is 2.41 bits per heavy atom. The van der Waals surface area contributed by atoms with Gasteiger partial charge in [0.05, 0.1) is 17.7 Å². The number of carbonyl (C=O) groups is 3. The van der Waals surface area contributed by atoms with Crippen LogP contribution in [0.15, 0.2) is 34.8 Å². The number of hydrogen-bond acceptors (Lipinski definition) is 9. The van der Waals surface area contributed by atoms with Gasteiger partial charge in [-0.1, -0.05) is 11.6 Å². The minimum atomic E-state index is -2.77. The van der Waals surface area contributed by atoms with Crippen molar-refractivity contribution in [3.05, 3.63) is 50.9 Å². The Balaban J connectivity index is 2.02. The van der Waals surface area contributed by atoms with Gasteiger partial charge in [-0.15, -0.1) is 0 Å². The average molecular weight is 465 g/mol. The van der Waals surface area contributed by atoms with E-state index in [1.54, 1.807) is 0 Å². The van der Waals surface area contributed by atoms with Crippen LogP contribution < -0.4 is 5.73 Å². The van der Waals surface area contributed by atoms with Gasteiger partial charge in [-0.25, -0.2) is 0 Å². The van der Waals surface area contributed by atoms with Crippen molar-refractivity contribution in [3.63, 3.8) is 0 Å². The molecule has 5 unspecified atom stereocenters. The fourth-order valence-electron chi connectivity index (χ4n) is 5.25. The van der Waals surface area contributed by atoms with E-state index in [9.17, 15) is 39.9 Å². The number of benzene rings is 1. The van der Waals surface area contributed by atoms with Crippen LogP contribution in [0, 0.1) is 11.8 Å². The maximum atomic E-state index is 13.3. The molecular formula is C21H21ClN2O8. The lowest BCUT2D eigenvalue weighted by molar-refractivity contribution is -0.149. The number of carbonyl (C=O) groups excluding carboxylic acids is 3. The fraction of sp³-hybridized carbons (Fsp3) is 0.381. The summed E-state index contributed by atoms with van der Waals surface area (Å²) in [4.78, 5) is 39.7. The zero-order chi connectivity index (χ0) is 23.9. The molecule has 11 heteroatoms. The Morgan fingerprint density at radius 1 is 1.22 bits per heavy atom. The lowest BCUT2D eigenvalue weighted by Gasteiger charge is -2.50. The average Bonchev–Trinajstić information content (AvgIpc) is 2.69. The molecule has 3 aliphatic carbocycles. The zero-order valence-electron chi connectivity index (χ0n) is 17.0. The Morgan fingerprint density at radius 2 is 1.84 bits per heavy atom. The number of primary amides is 1. The van der Waals surface area contributed by atoms with Crippen molar-refractivity contribution in [3.8, 4) is 5.75 Å². The van der Waals surface area contributed by atoms with Crippen molar-refractivity contribution in [2.24, 2.45) is 17.6 Å². The summed E-state index contributed by atoms with van der Waals surface area (Å²) in [5, 5.41) is 54.5. The predicted octanol–water partition coefficient (Wildman–Crippen LogP) is 0.265. The summed E-state index contributed by atoms with van der Waals surface area (Å²) < 4.78 is 0. The molecule has 32 heavy (non-hydrogen) atoms. The van der Waals surface area contributed by atoms with E-state index in [1.165, 1.54) is 25.1 Å². The number of hydrogen-bond donors (Lipinski definition) is 6. The minimum absolute atomic E-state index is 0.0145. The maximum Gasteiger partial charge on any atom is 0.255 e. The third-order valence-electron chi connectivity index (χ3n) is 6.64. The standard InChI is InChI=1S/C21H21ClN2O8/c1-24(2)14-7-5-6-10(16(27)12-9(25)4-3-8(22)11(12)15(6)26)18(29)21(7,32)19(30)13(17(14)28)20(23)31/h3-4,6-7,14-15,25-26,28-29,32H,5H2,1-2H3,(H2,23,31). The topological polar surface area (TPSA) is 182 Å². The van der Waals surface area contributed by atoms with Crippen molar-refractivity contribution >= 4 is 29.1 Å². The van der Waals surface area contributed by atoms with Gasteiger partial charge in [0.1, 0.15) is 22.8 Å². The number of Topliss-reactive ketones (excluding diaryl/α,β-unsaturated/α-hetero) is 2. The van der Waals surface area contributed by atoms with E-state index in [0.717, 1.165) is 6.07 Å². The van der Waals surface area contributed by atoms with Crippen LogP contribution in [0.25, 0.3) is 0 Å². The molecule has 0 fully saturated rings. The van der Waals surface area contributed by atoms with Crippen LogP contribution in [0.3, 0.4) is 0 Å². The number of ketones is 2. The molecule has 1 aromatic rings. The number of fused-ring (bicyclic) bond motifs is 3. The number of likely N-dealkylation sites (N-methyl/N-ethyl adjacent to an activating group) is 1. The van der Waals surface area contributed by atoms with Gasteiger partial charge in [0.15, 0.2) is 11.4 Å². The highest BCUT2D eigenvalue weighted by atomic mass is 35.5. The molecule has 0 bridgehead atoms. The molecule has 4 rings (SSSR count). The van der Waals surface area contributed by atoms with Crippen LogP contribution in [0.4, 0.5) is 0 Å². The second kappa shape index (κ2) is 7.04. The summed E-state index contributed by atoms with van der Waals surface area (Å²) in [6, 6.07) is 1.30. The second-order valence-electron chi connectivity index (χ2n) is 8.47. The molecule has 10 nitrogen and oxygen atoms in total. The van der Waals surface area contributed by atoms with E-state index < -0.39 is 75.5 Å². The Hall–Kier alpha value is -2.92. The van der Waals surface area contributed by atoms with E-state index in [-0.39, 0.29) is 22.6 Å². The molecule has 0 saturated carbocycles. The zero-order valence-corrected chi connectivity index (χ0v) is 17.8. The predicted molar refractivity (Wildman–Crippen MR) is 110 cm³/mol. The quantitative estimate of drug-likeness (QED) is 0.334. The summed E-state index contributed by atoms with van der Waals surface area (Å²) in [7, 11) is 3.03. The first-order chi connectivity index (χ1) is 14.8. The number of aliphatic hydroxyl groups excluding tert-OH is 3.